The van der Waals surface area contributed by atoms with Gasteiger partial charge >= 0.3 is 5.97 Å². The minimum atomic E-state index is -0.702. The molecule has 0 atom stereocenters. The third-order valence-electron chi connectivity index (χ3n) is 4.68. The number of rotatable bonds is 7. The number of fused-ring (bicyclic) bond motifs is 1. The Balaban J connectivity index is 1.52. The predicted octanol–water partition coefficient (Wildman–Crippen LogP) is 1.52. The van der Waals surface area contributed by atoms with Crippen molar-refractivity contribution in [1.29, 1.82) is 0 Å². The minimum absolute atomic E-state index is 0.205. The van der Waals surface area contributed by atoms with Gasteiger partial charge in [-0.2, -0.15) is 10.1 Å². The molecule has 10 heteroatoms. The number of hydrogen-bond donors (Lipinski definition) is 2. The Morgan fingerprint density at radius 2 is 1.77 bits per heavy atom. The molecule has 2 N–H and O–H groups in total. The SMILES string of the molecule is CCc1c(C(=O)OCC(=O)NCC(=O)Nc2c(C)cc(C)cc2C)cnc2ncnn12. The van der Waals surface area contributed by atoms with Gasteiger partial charge in [-0.15, -0.1) is 0 Å². The first kappa shape index (κ1) is 21.9. The zero-order chi connectivity index (χ0) is 22.5. The quantitative estimate of drug-likeness (QED) is 0.551. The van der Waals surface area contributed by atoms with Crippen LogP contribution < -0.4 is 10.6 Å². The lowest BCUT2D eigenvalue weighted by molar-refractivity contribution is -0.126. The van der Waals surface area contributed by atoms with Gasteiger partial charge in [0.05, 0.1) is 17.8 Å². The number of carbonyl (C=O) groups is 3. The van der Waals surface area contributed by atoms with Crippen molar-refractivity contribution in [3.63, 3.8) is 0 Å². The van der Waals surface area contributed by atoms with Crippen LogP contribution in [-0.2, 0) is 20.7 Å². The minimum Gasteiger partial charge on any atom is -0.452 e. The molecule has 3 aromatic rings. The van der Waals surface area contributed by atoms with Crippen molar-refractivity contribution in [2.24, 2.45) is 0 Å². The van der Waals surface area contributed by atoms with Crippen LogP contribution in [0.1, 0.15) is 39.7 Å². The van der Waals surface area contributed by atoms with Gasteiger partial charge in [0.1, 0.15) is 6.33 Å². The third-order valence-corrected chi connectivity index (χ3v) is 4.68. The molecular weight excluding hydrogens is 400 g/mol. The number of nitrogens with one attached hydrogen (secondary N) is 2. The van der Waals surface area contributed by atoms with Crippen LogP contribution >= 0.6 is 0 Å². The van der Waals surface area contributed by atoms with Gasteiger partial charge in [-0.3, -0.25) is 9.59 Å². The van der Waals surface area contributed by atoms with E-state index in [1.54, 1.807) is 0 Å². The van der Waals surface area contributed by atoms with Crippen LogP contribution in [0, 0.1) is 20.8 Å². The van der Waals surface area contributed by atoms with E-state index in [0.717, 1.165) is 22.4 Å². The molecular formula is C21H24N6O4. The monoisotopic (exact) mass is 424 g/mol. The van der Waals surface area contributed by atoms with Gasteiger partial charge in [0.15, 0.2) is 6.61 Å². The van der Waals surface area contributed by atoms with Crippen LogP contribution in [0.5, 0.6) is 0 Å². The van der Waals surface area contributed by atoms with Crippen molar-refractivity contribution in [3.05, 3.63) is 52.6 Å². The van der Waals surface area contributed by atoms with Crippen molar-refractivity contribution in [2.75, 3.05) is 18.5 Å². The predicted molar refractivity (Wildman–Crippen MR) is 113 cm³/mol. The zero-order valence-electron chi connectivity index (χ0n) is 17.9. The van der Waals surface area contributed by atoms with Gasteiger partial charge in [-0.05, 0) is 38.3 Å². The Morgan fingerprint density at radius 1 is 1.06 bits per heavy atom. The molecule has 1 aromatic carbocycles. The molecule has 0 radical (unpaired) electrons. The van der Waals surface area contributed by atoms with Gasteiger partial charge in [0.2, 0.25) is 5.91 Å². The fourth-order valence-corrected chi connectivity index (χ4v) is 3.34. The lowest BCUT2D eigenvalue weighted by Gasteiger charge is -2.13. The summed E-state index contributed by atoms with van der Waals surface area (Å²) in [7, 11) is 0. The lowest BCUT2D eigenvalue weighted by atomic mass is 10.1. The average Bonchev–Trinajstić information content (AvgIpc) is 3.21. The summed E-state index contributed by atoms with van der Waals surface area (Å²) < 4.78 is 6.53. The molecule has 0 aliphatic heterocycles. The molecule has 0 saturated carbocycles. The van der Waals surface area contributed by atoms with Crippen molar-refractivity contribution in [1.82, 2.24) is 24.9 Å². The van der Waals surface area contributed by atoms with Crippen LogP contribution in [0.4, 0.5) is 5.69 Å². The molecule has 0 unspecified atom stereocenters. The number of carbonyl (C=O) groups excluding carboxylic acids is 3. The second kappa shape index (κ2) is 9.33. The number of aromatic nitrogens is 4. The highest BCUT2D eigenvalue weighted by Gasteiger charge is 2.18. The topological polar surface area (TPSA) is 128 Å². The maximum atomic E-state index is 12.4. The molecule has 2 amide bonds. The lowest BCUT2D eigenvalue weighted by Crippen LogP contribution is -2.36. The average molecular weight is 424 g/mol. The van der Waals surface area contributed by atoms with Gasteiger partial charge in [-0.1, -0.05) is 24.6 Å². The molecule has 3 rings (SSSR count). The fourth-order valence-electron chi connectivity index (χ4n) is 3.34. The van der Waals surface area contributed by atoms with E-state index in [9.17, 15) is 14.4 Å². The molecule has 0 aliphatic rings. The van der Waals surface area contributed by atoms with Crippen molar-refractivity contribution in [3.8, 4) is 0 Å². The van der Waals surface area contributed by atoms with Crippen LogP contribution in [0.25, 0.3) is 5.78 Å². The number of amides is 2. The zero-order valence-corrected chi connectivity index (χ0v) is 17.9. The molecule has 2 aromatic heterocycles. The smallest absolute Gasteiger partial charge is 0.342 e. The number of hydrogen-bond acceptors (Lipinski definition) is 7. The first-order valence-corrected chi connectivity index (χ1v) is 9.79. The van der Waals surface area contributed by atoms with Gasteiger partial charge in [0.25, 0.3) is 11.7 Å². The molecule has 0 spiro atoms. The number of esters is 1. The van der Waals surface area contributed by atoms with E-state index in [1.807, 2.05) is 39.8 Å². The Hall–Kier alpha value is -3.82. The molecule has 2 heterocycles. The Kier molecular flexibility index (Phi) is 6.58. The molecule has 0 saturated heterocycles. The van der Waals surface area contributed by atoms with Crippen LogP contribution in [-0.4, -0.2) is 50.5 Å². The molecule has 0 aliphatic carbocycles. The van der Waals surface area contributed by atoms with Gasteiger partial charge in [-0.25, -0.2) is 14.3 Å². The third kappa shape index (κ3) is 5.03. The van der Waals surface area contributed by atoms with E-state index in [4.69, 9.17) is 4.74 Å². The highest BCUT2D eigenvalue weighted by atomic mass is 16.5. The standard InChI is InChI=1S/C21H24N6O4/c1-5-16-15(8-23-21-24-11-25-27(16)21)20(30)31-10-18(29)22-9-17(28)26-19-13(3)6-12(2)7-14(19)4/h6-8,11H,5,9-10H2,1-4H3,(H,22,29)(H,26,28). The van der Waals surface area contributed by atoms with E-state index in [-0.39, 0.29) is 18.0 Å². The Labute approximate surface area is 179 Å². The number of ether oxygens (including phenoxy) is 1. The molecule has 162 valence electrons. The Morgan fingerprint density at radius 3 is 2.45 bits per heavy atom. The number of anilines is 1. The first-order chi connectivity index (χ1) is 14.8. The Bertz CT molecular complexity index is 1130. The van der Waals surface area contributed by atoms with E-state index in [2.05, 4.69) is 25.7 Å². The summed E-state index contributed by atoms with van der Waals surface area (Å²) >= 11 is 0. The van der Waals surface area contributed by atoms with Crippen molar-refractivity contribution < 1.29 is 19.1 Å². The summed E-state index contributed by atoms with van der Waals surface area (Å²) in [6.07, 6.45) is 3.19. The molecule has 31 heavy (non-hydrogen) atoms. The highest BCUT2D eigenvalue weighted by molar-refractivity contribution is 5.96. The molecule has 10 nitrogen and oxygen atoms in total. The summed E-state index contributed by atoms with van der Waals surface area (Å²) in [5.41, 5.74) is 4.49. The summed E-state index contributed by atoms with van der Waals surface area (Å²) in [5.74, 6) is -1.29. The summed E-state index contributed by atoms with van der Waals surface area (Å²) in [5, 5.41) is 9.28. The van der Waals surface area contributed by atoms with E-state index in [0.29, 0.717) is 17.9 Å². The second-order valence-electron chi connectivity index (χ2n) is 7.12. The van der Waals surface area contributed by atoms with Gasteiger partial charge in [0, 0.05) is 11.9 Å². The highest BCUT2D eigenvalue weighted by Crippen LogP contribution is 2.21. The van der Waals surface area contributed by atoms with E-state index >= 15 is 0 Å². The number of benzene rings is 1. The largest absolute Gasteiger partial charge is 0.452 e. The van der Waals surface area contributed by atoms with E-state index < -0.39 is 18.5 Å². The summed E-state index contributed by atoms with van der Waals surface area (Å²) in [6.45, 7) is 6.89. The van der Waals surface area contributed by atoms with Crippen LogP contribution in [0.2, 0.25) is 0 Å². The summed E-state index contributed by atoms with van der Waals surface area (Å²) in [4.78, 5) is 44.6. The number of aryl methyl sites for hydroxylation is 4. The first-order valence-electron chi connectivity index (χ1n) is 9.79. The van der Waals surface area contributed by atoms with Crippen molar-refractivity contribution in [2.45, 2.75) is 34.1 Å². The molecule has 0 fully saturated rings. The molecule has 0 bridgehead atoms. The second-order valence-corrected chi connectivity index (χ2v) is 7.12. The fraction of sp³-hybridized carbons (Fsp3) is 0.333. The normalized spacial score (nSPS) is 10.7. The van der Waals surface area contributed by atoms with Crippen molar-refractivity contribution >= 4 is 29.2 Å². The van der Waals surface area contributed by atoms with Gasteiger partial charge < -0.3 is 15.4 Å². The maximum absolute atomic E-state index is 12.4. The summed E-state index contributed by atoms with van der Waals surface area (Å²) in [6, 6.07) is 3.94. The number of nitrogens with zero attached hydrogens (tertiary/aromatic N) is 4. The maximum Gasteiger partial charge on any atom is 0.342 e. The van der Waals surface area contributed by atoms with E-state index in [1.165, 1.54) is 17.0 Å². The van der Waals surface area contributed by atoms with Crippen LogP contribution in [0.15, 0.2) is 24.7 Å². The van der Waals surface area contributed by atoms with Crippen LogP contribution in [0.3, 0.4) is 0 Å².